The summed E-state index contributed by atoms with van der Waals surface area (Å²) in [5.74, 6) is 0.844. The zero-order chi connectivity index (χ0) is 18.6. The van der Waals surface area contributed by atoms with E-state index in [0.29, 0.717) is 19.7 Å². The van der Waals surface area contributed by atoms with Crippen LogP contribution in [0.15, 0.2) is 54.6 Å². The van der Waals surface area contributed by atoms with Gasteiger partial charge in [-0.25, -0.2) is 9.78 Å². The Labute approximate surface area is 158 Å². The Balaban J connectivity index is 1.56. The molecule has 0 bridgehead atoms. The highest BCUT2D eigenvalue weighted by atomic mass is 16.6. The Hall–Kier alpha value is -3.02. The third-order valence-corrected chi connectivity index (χ3v) is 4.93. The van der Waals surface area contributed by atoms with Crippen molar-refractivity contribution in [3.05, 3.63) is 54.6 Å². The third kappa shape index (κ3) is 3.60. The second-order valence-corrected chi connectivity index (χ2v) is 6.70. The van der Waals surface area contributed by atoms with E-state index in [1.54, 1.807) is 4.90 Å². The zero-order valence-corrected chi connectivity index (χ0v) is 15.5. The Morgan fingerprint density at radius 2 is 1.81 bits per heavy atom. The molecule has 1 saturated heterocycles. The monoisotopic (exact) mass is 364 g/mol. The van der Waals surface area contributed by atoms with Gasteiger partial charge in [0.2, 0.25) is 5.95 Å². The Bertz CT molecular complexity index is 914. The van der Waals surface area contributed by atoms with Crippen molar-refractivity contribution in [2.75, 3.05) is 25.0 Å². The minimum atomic E-state index is -0.215. The summed E-state index contributed by atoms with van der Waals surface area (Å²) in [6.45, 7) is 3.64. The molecule has 0 unspecified atom stereocenters. The minimum absolute atomic E-state index is 0.215. The van der Waals surface area contributed by atoms with Gasteiger partial charge in [-0.2, -0.15) is 0 Å². The molecule has 0 saturated carbocycles. The molecule has 2 heterocycles. The van der Waals surface area contributed by atoms with Crippen molar-refractivity contribution in [2.45, 2.75) is 25.8 Å². The molecule has 2 aromatic carbocycles. The quantitative estimate of drug-likeness (QED) is 0.758. The van der Waals surface area contributed by atoms with Gasteiger partial charge in [-0.1, -0.05) is 30.3 Å². The van der Waals surface area contributed by atoms with Crippen LogP contribution in [0.2, 0.25) is 0 Å². The van der Waals surface area contributed by atoms with E-state index in [2.05, 4.69) is 28.1 Å². The average molecular weight is 364 g/mol. The molecule has 0 radical (unpaired) electrons. The van der Waals surface area contributed by atoms with E-state index in [4.69, 9.17) is 9.72 Å². The number of benzene rings is 2. The summed E-state index contributed by atoms with van der Waals surface area (Å²) in [6.07, 6.45) is 1.53. The van der Waals surface area contributed by atoms with Gasteiger partial charge in [-0.3, -0.25) is 4.57 Å². The fourth-order valence-corrected chi connectivity index (χ4v) is 3.56. The normalized spacial score (nSPS) is 15.1. The molecule has 3 aromatic rings. The van der Waals surface area contributed by atoms with Crippen LogP contribution in [0.1, 0.15) is 19.8 Å². The van der Waals surface area contributed by atoms with Crippen molar-refractivity contribution in [3.8, 4) is 5.69 Å². The Kier molecular flexibility index (Phi) is 4.96. The molecule has 6 nitrogen and oxygen atoms in total. The number of nitrogens with one attached hydrogen (secondary N) is 1. The first-order valence-corrected chi connectivity index (χ1v) is 9.47. The summed E-state index contributed by atoms with van der Waals surface area (Å²) in [4.78, 5) is 18.5. The number of carbonyl (C=O) groups is 1. The SMILES string of the molecule is CCOC(=O)N1CCC(Nc2nc3ccccc3n2-c2ccccc2)CC1. The number of fused-ring (bicyclic) bond motifs is 1. The molecule has 27 heavy (non-hydrogen) atoms. The molecule has 0 atom stereocenters. The number of anilines is 1. The highest BCUT2D eigenvalue weighted by Crippen LogP contribution is 2.26. The van der Waals surface area contributed by atoms with Crippen molar-refractivity contribution in [2.24, 2.45) is 0 Å². The van der Waals surface area contributed by atoms with Crippen molar-refractivity contribution >= 4 is 23.1 Å². The van der Waals surface area contributed by atoms with Crippen LogP contribution in [0.4, 0.5) is 10.7 Å². The summed E-state index contributed by atoms with van der Waals surface area (Å²) in [5, 5.41) is 3.60. The van der Waals surface area contributed by atoms with E-state index in [1.165, 1.54) is 0 Å². The average Bonchev–Trinajstić information content (AvgIpc) is 3.07. The highest BCUT2D eigenvalue weighted by molar-refractivity contribution is 5.81. The lowest BCUT2D eigenvalue weighted by atomic mass is 10.1. The van der Waals surface area contributed by atoms with Gasteiger partial charge in [0.25, 0.3) is 0 Å². The van der Waals surface area contributed by atoms with Gasteiger partial charge in [0.05, 0.1) is 17.6 Å². The smallest absolute Gasteiger partial charge is 0.409 e. The van der Waals surface area contributed by atoms with Gasteiger partial charge in [0.15, 0.2) is 0 Å². The molecule has 1 aromatic heterocycles. The Morgan fingerprint density at radius 1 is 1.11 bits per heavy atom. The predicted molar refractivity (Wildman–Crippen MR) is 106 cm³/mol. The number of para-hydroxylation sites is 3. The maximum atomic E-state index is 11.9. The number of rotatable bonds is 4. The van der Waals surface area contributed by atoms with Crippen molar-refractivity contribution < 1.29 is 9.53 Å². The maximum absolute atomic E-state index is 11.9. The first kappa shape index (κ1) is 17.4. The van der Waals surface area contributed by atoms with Crippen LogP contribution in [-0.2, 0) is 4.74 Å². The number of piperidine rings is 1. The van der Waals surface area contributed by atoms with Gasteiger partial charge in [0.1, 0.15) is 0 Å². The van der Waals surface area contributed by atoms with Gasteiger partial charge in [-0.05, 0) is 44.0 Å². The Morgan fingerprint density at radius 3 is 2.56 bits per heavy atom. The lowest BCUT2D eigenvalue weighted by molar-refractivity contribution is 0.0983. The summed E-state index contributed by atoms with van der Waals surface area (Å²) in [7, 11) is 0. The molecule has 0 spiro atoms. The largest absolute Gasteiger partial charge is 0.450 e. The molecule has 140 valence electrons. The fraction of sp³-hybridized carbons (Fsp3) is 0.333. The number of ether oxygens (including phenoxy) is 1. The zero-order valence-electron chi connectivity index (χ0n) is 15.5. The molecule has 1 N–H and O–H groups in total. The van der Waals surface area contributed by atoms with E-state index in [1.807, 2.05) is 43.3 Å². The number of hydrogen-bond acceptors (Lipinski definition) is 4. The van der Waals surface area contributed by atoms with Gasteiger partial charge in [-0.15, -0.1) is 0 Å². The molecule has 1 aliphatic rings. The summed E-state index contributed by atoms with van der Waals surface area (Å²) >= 11 is 0. The van der Waals surface area contributed by atoms with E-state index in [9.17, 15) is 4.79 Å². The topological polar surface area (TPSA) is 59.4 Å². The van der Waals surface area contributed by atoms with Crippen LogP contribution < -0.4 is 5.32 Å². The molecule has 1 aliphatic heterocycles. The number of carbonyl (C=O) groups excluding carboxylic acids is 1. The number of aromatic nitrogens is 2. The number of amides is 1. The first-order valence-electron chi connectivity index (χ1n) is 9.47. The summed E-state index contributed by atoms with van der Waals surface area (Å²) in [5.41, 5.74) is 3.13. The standard InChI is InChI=1S/C21H24N4O2/c1-2-27-21(26)24-14-12-16(13-15-24)22-20-23-18-10-6-7-11-19(18)25(20)17-8-4-3-5-9-17/h3-11,16H,2,12-15H2,1H3,(H,22,23). The molecular formula is C21H24N4O2. The van der Waals surface area contributed by atoms with Crippen LogP contribution in [0, 0.1) is 0 Å². The van der Waals surface area contributed by atoms with Crippen LogP contribution in [0.5, 0.6) is 0 Å². The van der Waals surface area contributed by atoms with E-state index >= 15 is 0 Å². The van der Waals surface area contributed by atoms with Crippen molar-refractivity contribution in [1.82, 2.24) is 14.5 Å². The molecule has 4 rings (SSSR count). The lowest BCUT2D eigenvalue weighted by Gasteiger charge is -2.31. The molecule has 1 amide bonds. The molecule has 1 fully saturated rings. The van der Waals surface area contributed by atoms with Gasteiger partial charge >= 0.3 is 6.09 Å². The number of hydrogen-bond donors (Lipinski definition) is 1. The highest BCUT2D eigenvalue weighted by Gasteiger charge is 2.25. The second kappa shape index (κ2) is 7.70. The third-order valence-electron chi connectivity index (χ3n) is 4.93. The molecule has 0 aliphatic carbocycles. The van der Waals surface area contributed by atoms with Crippen LogP contribution >= 0.6 is 0 Å². The minimum Gasteiger partial charge on any atom is -0.450 e. The maximum Gasteiger partial charge on any atom is 0.409 e. The fourth-order valence-electron chi connectivity index (χ4n) is 3.56. The van der Waals surface area contributed by atoms with Crippen LogP contribution in [0.25, 0.3) is 16.7 Å². The predicted octanol–water partition coefficient (Wildman–Crippen LogP) is 4.06. The summed E-state index contributed by atoms with van der Waals surface area (Å²) < 4.78 is 7.26. The van der Waals surface area contributed by atoms with E-state index in [-0.39, 0.29) is 12.1 Å². The van der Waals surface area contributed by atoms with Gasteiger partial charge < -0.3 is 15.0 Å². The number of nitrogens with zero attached hydrogens (tertiary/aromatic N) is 3. The number of imidazole rings is 1. The van der Waals surface area contributed by atoms with Crippen molar-refractivity contribution in [3.63, 3.8) is 0 Å². The lowest BCUT2D eigenvalue weighted by Crippen LogP contribution is -2.42. The second-order valence-electron chi connectivity index (χ2n) is 6.70. The van der Waals surface area contributed by atoms with Crippen LogP contribution in [0.3, 0.4) is 0 Å². The molecular weight excluding hydrogens is 340 g/mol. The van der Waals surface area contributed by atoms with Crippen LogP contribution in [-0.4, -0.2) is 46.3 Å². The molecule has 6 heteroatoms. The van der Waals surface area contributed by atoms with E-state index in [0.717, 1.165) is 35.5 Å². The van der Waals surface area contributed by atoms with Crippen molar-refractivity contribution in [1.29, 1.82) is 0 Å². The number of likely N-dealkylation sites (tertiary alicyclic amines) is 1. The first-order chi connectivity index (χ1) is 13.3. The van der Waals surface area contributed by atoms with E-state index < -0.39 is 0 Å². The van der Waals surface area contributed by atoms with Gasteiger partial charge in [0, 0.05) is 24.8 Å². The summed E-state index contributed by atoms with van der Waals surface area (Å²) in [6, 6.07) is 18.7.